The molecule has 0 radical (unpaired) electrons. The van der Waals surface area contributed by atoms with Crippen molar-refractivity contribution in [2.75, 3.05) is 5.73 Å². The molecule has 0 aliphatic heterocycles. The first-order chi connectivity index (χ1) is 9.67. The minimum Gasteiger partial charge on any atom is -0.454 e. The second-order valence-electron chi connectivity index (χ2n) is 4.35. The van der Waals surface area contributed by atoms with E-state index in [1.165, 1.54) is 12.1 Å². The van der Waals surface area contributed by atoms with E-state index in [4.69, 9.17) is 10.5 Å². The summed E-state index contributed by atoms with van der Waals surface area (Å²) in [5.74, 6) is 0.132. The zero-order valence-corrected chi connectivity index (χ0v) is 10.9. The van der Waals surface area contributed by atoms with Crippen molar-refractivity contribution in [1.29, 1.82) is 0 Å². The summed E-state index contributed by atoms with van der Waals surface area (Å²) in [4.78, 5) is 0. The number of aryl methyl sites for hydroxylation is 1. The smallest absolute Gasteiger partial charge is 0.167 e. The van der Waals surface area contributed by atoms with Gasteiger partial charge in [-0.15, -0.1) is 5.10 Å². The van der Waals surface area contributed by atoms with Crippen LogP contribution in [0.5, 0.6) is 11.5 Å². The number of hydrogen-bond donors (Lipinski definition) is 1. The summed E-state index contributed by atoms with van der Waals surface area (Å²) < 4.78 is 21.0. The molecule has 1 heterocycles. The van der Waals surface area contributed by atoms with Gasteiger partial charge in [-0.1, -0.05) is 5.21 Å². The molecule has 102 valence electrons. The van der Waals surface area contributed by atoms with Crippen LogP contribution in [-0.4, -0.2) is 15.0 Å². The van der Waals surface area contributed by atoms with Crippen LogP contribution in [0.3, 0.4) is 0 Å². The Hall–Kier alpha value is -2.63. The molecule has 20 heavy (non-hydrogen) atoms. The van der Waals surface area contributed by atoms with Gasteiger partial charge >= 0.3 is 0 Å². The molecule has 0 atom stereocenters. The van der Waals surface area contributed by atoms with Crippen LogP contribution >= 0.6 is 0 Å². The SMILES string of the molecule is CCn1nnc2cc(Oc3ccc(N)cc3F)ccc21. The zero-order chi connectivity index (χ0) is 14.1. The number of ether oxygens (including phenoxy) is 1. The molecular formula is C14H13FN4O. The molecular weight excluding hydrogens is 259 g/mol. The third-order valence-corrected chi connectivity index (χ3v) is 2.97. The molecule has 3 aromatic rings. The maximum Gasteiger partial charge on any atom is 0.167 e. The van der Waals surface area contributed by atoms with Crippen LogP contribution in [0.4, 0.5) is 10.1 Å². The van der Waals surface area contributed by atoms with E-state index in [0.717, 1.165) is 12.1 Å². The normalized spacial score (nSPS) is 10.9. The Labute approximate surface area is 114 Å². The second kappa shape index (κ2) is 4.80. The number of nitrogens with two attached hydrogens (primary N) is 1. The fourth-order valence-corrected chi connectivity index (χ4v) is 1.98. The molecule has 0 aliphatic carbocycles. The van der Waals surface area contributed by atoms with Crippen molar-refractivity contribution in [3.05, 3.63) is 42.2 Å². The maximum absolute atomic E-state index is 13.7. The van der Waals surface area contributed by atoms with E-state index in [1.54, 1.807) is 22.9 Å². The molecule has 2 N–H and O–H groups in total. The van der Waals surface area contributed by atoms with Gasteiger partial charge in [-0.05, 0) is 31.2 Å². The predicted octanol–water partition coefficient (Wildman–Crippen LogP) is 2.96. The maximum atomic E-state index is 13.7. The lowest BCUT2D eigenvalue weighted by Crippen LogP contribution is -1.95. The monoisotopic (exact) mass is 272 g/mol. The highest BCUT2D eigenvalue weighted by molar-refractivity contribution is 5.76. The predicted molar refractivity (Wildman–Crippen MR) is 74.1 cm³/mol. The van der Waals surface area contributed by atoms with Crippen LogP contribution in [0, 0.1) is 5.82 Å². The number of halogens is 1. The fourth-order valence-electron chi connectivity index (χ4n) is 1.98. The molecule has 0 saturated heterocycles. The number of anilines is 1. The fraction of sp³-hybridized carbons (Fsp3) is 0.143. The summed E-state index contributed by atoms with van der Waals surface area (Å²) >= 11 is 0. The van der Waals surface area contributed by atoms with Gasteiger partial charge in [-0.2, -0.15) is 0 Å². The standard InChI is InChI=1S/C14H13FN4O/c1-2-19-13-5-4-10(8-12(13)17-18-19)20-14-6-3-9(16)7-11(14)15/h3-8H,2,16H2,1H3. The van der Waals surface area contributed by atoms with Crippen molar-refractivity contribution in [3.63, 3.8) is 0 Å². The van der Waals surface area contributed by atoms with E-state index in [9.17, 15) is 4.39 Å². The number of benzene rings is 2. The largest absolute Gasteiger partial charge is 0.454 e. The number of fused-ring (bicyclic) bond motifs is 1. The van der Waals surface area contributed by atoms with Crippen molar-refractivity contribution >= 4 is 16.7 Å². The summed E-state index contributed by atoms with van der Waals surface area (Å²) in [6.45, 7) is 2.73. The van der Waals surface area contributed by atoms with Gasteiger partial charge in [0.2, 0.25) is 0 Å². The Kier molecular flexibility index (Phi) is 2.98. The van der Waals surface area contributed by atoms with E-state index in [0.29, 0.717) is 17.0 Å². The van der Waals surface area contributed by atoms with Gasteiger partial charge < -0.3 is 10.5 Å². The van der Waals surface area contributed by atoms with Crippen molar-refractivity contribution in [2.24, 2.45) is 0 Å². The number of aromatic nitrogens is 3. The number of rotatable bonds is 3. The molecule has 1 aromatic heterocycles. The van der Waals surface area contributed by atoms with Gasteiger partial charge in [0.25, 0.3) is 0 Å². The molecule has 0 bridgehead atoms. The minimum atomic E-state index is -0.498. The number of hydrogen-bond acceptors (Lipinski definition) is 4. The molecule has 0 saturated carbocycles. The zero-order valence-electron chi connectivity index (χ0n) is 10.9. The molecule has 0 unspecified atom stereocenters. The second-order valence-corrected chi connectivity index (χ2v) is 4.35. The quantitative estimate of drug-likeness (QED) is 0.744. The van der Waals surface area contributed by atoms with E-state index in [-0.39, 0.29) is 5.75 Å². The number of nitrogens with zero attached hydrogens (tertiary/aromatic N) is 3. The van der Waals surface area contributed by atoms with Crippen LogP contribution in [0.15, 0.2) is 36.4 Å². The first-order valence-electron chi connectivity index (χ1n) is 6.23. The Balaban J connectivity index is 1.94. The Bertz CT molecular complexity index is 769. The van der Waals surface area contributed by atoms with Gasteiger partial charge in [-0.3, -0.25) is 0 Å². The highest BCUT2D eigenvalue weighted by Gasteiger charge is 2.08. The van der Waals surface area contributed by atoms with Gasteiger partial charge in [-0.25, -0.2) is 9.07 Å². The van der Waals surface area contributed by atoms with E-state index >= 15 is 0 Å². The van der Waals surface area contributed by atoms with Crippen LogP contribution in [0.25, 0.3) is 11.0 Å². The van der Waals surface area contributed by atoms with Crippen molar-refractivity contribution in [3.8, 4) is 11.5 Å². The Morgan fingerprint density at radius 2 is 2.10 bits per heavy atom. The molecule has 0 spiro atoms. The topological polar surface area (TPSA) is 66.0 Å². The van der Waals surface area contributed by atoms with Crippen LogP contribution in [0.2, 0.25) is 0 Å². The molecule has 0 fully saturated rings. The average molecular weight is 272 g/mol. The summed E-state index contributed by atoms with van der Waals surface area (Å²) in [5, 5.41) is 8.06. The van der Waals surface area contributed by atoms with Gasteiger partial charge in [0, 0.05) is 24.4 Å². The van der Waals surface area contributed by atoms with E-state index in [1.807, 2.05) is 13.0 Å². The van der Waals surface area contributed by atoms with Gasteiger partial charge in [0.15, 0.2) is 11.6 Å². The van der Waals surface area contributed by atoms with Crippen LogP contribution < -0.4 is 10.5 Å². The average Bonchev–Trinajstić information content (AvgIpc) is 2.84. The molecule has 5 nitrogen and oxygen atoms in total. The Morgan fingerprint density at radius 1 is 1.25 bits per heavy atom. The van der Waals surface area contributed by atoms with Crippen LogP contribution in [0.1, 0.15) is 6.92 Å². The van der Waals surface area contributed by atoms with E-state index in [2.05, 4.69) is 10.3 Å². The first-order valence-corrected chi connectivity index (χ1v) is 6.23. The molecule has 3 rings (SSSR count). The molecule has 6 heteroatoms. The molecule has 0 amide bonds. The van der Waals surface area contributed by atoms with Gasteiger partial charge in [0.1, 0.15) is 11.3 Å². The minimum absolute atomic E-state index is 0.126. The van der Waals surface area contributed by atoms with Crippen molar-refractivity contribution in [1.82, 2.24) is 15.0 Å². The molecule has 2 aromatic carbocycles. The highest BCUT2D eigenvalue weighted by Crippen LogP contribution is 2.27. The van der Waals surface area contributed by atoms with E-state index < -0.39 is 5.82 Å². The first kappa shape index (κ1) is 12.4. The Morgan fingerprint density at radius 3 is 2.85 bits per heavy atom. The lowest BCUT2D eigenvalue weighted by molar-refractivity contribution is 0.443. The summed E-state index contributed by atoms with van der Waals surface area (Å²) in [6, 6.07) is 9.64. The third kappa shape index (κ3) is 2.16. The van der Waals surface area contributed by atoms with Crippen molar-refractivity contribution < 1.29 is 9.13 Å². The van der Waals surface area contributed by atoms with Crippen molar-refractivity contribution in [2.45, 2.75) is 13.5 Å². The van der Waals surface area contributed by atoms with Crippen LogP contribution in [-0.2, 0) is 6.54 Å². The number of nitrogen functional groups attached to an aromatic ring is 1. The lowest BCUT2D eigenvalue weighted by Gasteiger charge is -2.07. The summed E-state index contributed by atoms with van der Waals surface area (Å²) in [5.41, 5.74) is 7.48. The highest BCUT2D eigenvalue weighted by atomic mass is 19.1. The summed E-state index contributed by atoms with van der Waals surface area (Å²) in [7, 11) is 0. The van der Waals surface area contributed by atoms with Gasteiger partial charge in [0.05, 0.1) is 5.52 Å². The molecule has 0 aliphatic rings. The third-order valence-electron chi connectivity index (χ3n) is 2.97. The lowest BCUT2D eigenvalue weighted by atomic mass is 10.2. The summed E-state index contributed by atoms with van der Waals surface area (Å²) in [6.07, 6.45) is 0.